The summed E-state index contributed by atoms with van der Waals surface area (Å²) in [4.78, 5) is 11.6. The molecule has 0 radical (unpaired) electrons. The van der Waals surface area contributed by atoms with E-state index in [-0.39, 0.29) is 5.91 Å². The molecule has 0 atom stereocenters. The van der Waals surface area contributed by atoms with Gasteiger partial charge in [-0.25, -0.2) is 0 Å². The van der Waals surface area contributed by atoms with Crippen molar-refractivity contribution >= 4 is 17.5 Å². The van der Waals surface area contributed by atoms with Crippen LogP contribution in [0, 0.1) is 0 Å². The average Bonchev–Trinajstić information content (AvgIpc) is 2.38. The van der Waals surface area contributed by atoms with Crippen molar-refractivity contribution in [1.82, 2.24) is 5.32 Å². The molecular weight excluding hydrogens is 238 g/mol. The fourth-order valence-corrected chi connectivity index (χ4v) is 1.39. The van der Waals surface area contributed by atoms with E-state index in [4.69, 9.17) is 16.3 Å². The van der Waals surface area contributed by atoms with Crippen molar-refractivity contribution in [2.24, 2.45) is 0 Å². The number of nitrogens with one attached hydrogen (secondary N) is 1. The van der Waals surface area contributed by atoms with E-state index in [1.165, 1.54) is 0 Å². The summed E-state index contributed by atoms with van der Waals surface area (Å²) in [6.45, 7) is 0. The molecule has 3 nitrogen and oxygen atoms in total. The molecule has 17 heavy (non-hydrogen) atoms. The van der Waals surface area contributed by atoms with Crippen LogP contribution in [-0.2, 0) is 0 Å². The van der Waals surface area contributed by atoms with E-state index in [1.807, 2.05) is 6.08 Å². The maximum Gasteiger partial charge on any atom is 0.255 e. The summed E-state index contributed by atoms with van der Waals surface area (Å²) in [7, 11) is 1.59. The molecule has 0 unspecified atom stereocenters. The Morgan fingerprint density at radius 1 is 1.41 bits per heavy atom. The maximum absolute atomic E-state index is 11.6. The minimum absolute atomic E-state index is 0.130. The van der Waals surface area contributed by atoms with Gasteiger partial charge >= 0.3 is 0 Å². The average molecular weight is 254 g/mol. The molecule has 1 aromatic rings. The van der Waals surface area contributed by atoms with Crippen molar-refractivity contribution in [2.45, 2.75) is 12.8 Å². The highest BCUT2D eigenvalue weighted by Gasteiger charge is 2.02. The number of carbonyl (C=O) groups excluding carboxylic acids is 1. The summed E-state index contributed by atoms with van der Waals surface area (Å²) in [6.07, 6.45) is 5.33. The van der Waals surface area contributed by atoms with Crippen LogP contribution in [0.15, 0.2) is 36.5 Å². The third kappa shape index (κ3) is 4.91. The van der Waals surface area contributed by atoms with Crippen LogP contribution in [0.2, 0.25) is 0 Å². The van der Waals surface area contributed by atoms with Gasteiger partial charge in [-0.1, -0.05) is 6.08 Å². The van der Waals surface area contributed by atoms with Crippen molar-refractivity contribution in [2.75, 3.05) is 13.0 Å². The largest absolute Gasteiger partial charge is 0.497 e. The molecule has 0 aliphatic rings. The molecule has 0 saturated carbocycles. The van der Waals surface area contributed by atoms with Crippen molar-refractivity contribution < 1.29 is 9.53 Å². The summed E-state index contributed by atoms with van der Waals surface area (Å²) < 4.78 is 5.02. The fraction of sp³-hybridized carbons (Fsp3) is 0.308. The van der Waals surface area contributed by atoms with Gasteiger partial charge in [0.05, 0.1) is 7.11 Å². The first kappa shape index (κ1) is 13.6. The Morgan fingerprint density at radius 2 is 2.12 bits per heavy atom. The summed E-state index contributed by atoms with van der Waals surface area (Å²) in [5.74, 6) is 1.24. The number of carbonyl (C=O) groups is 1. The molecule has 0 saturated heterocycles. The number of ether oxygens (including phenoxy) is 1. The van der Waals surface area contributed by atoms with E-state index in [0.717, 1.165) is 18.6 Å². The number of methoxy groups -OCH3 is 1. The van der Waals surface area contributed by atoms with E-state index in [0.29, 0.717) is 11.4 Å². The number of amides is 1. The van der Waals surface area contributed by atoms with Crippen LogP contribution in [0.5, 0.6) is 5.75 Å². The number of allylic oxidation sites excluding steroid dienone is 1. The van der Waals surface area contributed by atoms with Crippen LogP contribution in [0.3, 0.4) is 0 Å². The fourth-order valence-electron chi connectivity index (χ4n) is 1.24. The van der Waals surface area contributed by atoms with Gasteiger partial charge in [0.1, 0.15) is 5.75 Å². The molecule has 0 aliphatic heterocycles. The molecule has 0 spiro atoms. The van der Waals surface area contributed by atoms with Gasteiger partial charge in [-0.05, 0) is 37.1 Å². The number of benzene rings is 1. The van der Waals surface area contributed by atoms with Crippen LogP contribution in [-0.4, -0.2) is 18.9 Å². The van der Waals surface area contributed by atoms with E-state index in [1.54, 1.807) is 37.6 Å². The molecule has 92 valence electrons. The molecule has 0 aromatic heterocycles. The monoisotopic (exact) mass is 253 g/mol. The highest BCUT2D eigenvalue weighted by Crippen LogP contribution is 2.10. The Balaban J connectivity index is 2.43. The molecule has 1 aromatic carbocycles. The number of rotatable bonds is 6. The second kappa shape index (κ2) is 7.74. The van der Waals surface area contributed by atoms with Gasteiger partial charge in [-0.2, -0.15) is 0 Å². The summed E-state index contributed by atoms with van der Waals surface area (Å²) >= 11 is 5.53. The zero-order valence-corrected chi connectivity index (χ0v) is 10.5. The quantitative estimate of drug-likeness (QED) is 0.625. The van der Waals surface area contributed by atoms with Crippen molar-refractivity contribution in [3.8, 4) is 5.75 Å². The maximum atomic E-state index is 11.6. The minimum atomic E-state index is -0.130. The highest BCUT2D eigenvalue weighted by molar-refractivity contribution is 6.17. The minimum Gasteiger partial charge on any atom is -0.497 e. The van der Waals surface area contributed by atoms with E-state index < -0.39 is 0 Å². The Bertz CT molecular complexity index is 374. The lowest BCUT2D eigenvalue weighted by Crippen LogP contribution is -2.16. The third-order valence-corrected chi connectivity index (χ3v) is 2.46. The lowest BCUT2D eigenvalue weighted by Gasteiger charge is -2.02. The van der Waals surface area contributed by atoms with Crippen LogP contribution >= 0.6 is 11.6 Å². The highest BCUT2D eigenvalue weighted by atomic mass is 35.5. The third-order valence-electron chi connectivity index (χ3n) is 2.19. The normalized spacial score (nSPS) is 10.5. The molecule has 1 rings (SSSR count). The summed E-state index contributed by atoms with van der Waals surface area (Å²) in [5.41, 5.74) is 0.604. The van der Waals surface area contributed by atoms with E-state index in [9.17, 15) is 4.79 Å². The molecule has 0 bridgehead atoms. The number of hydrogen-bond donors (Lipinski definition) is 1. The lowest BCUT2D eigenvalue weighted by atomic mass is 10.2. The van der Waals surface area contributed by atoms with Gasteiger partial charge in [0, 0.05) is 17.6 Å². The predicted molar refractivity (Wildman–Crippen MR) is 69.6 cm³/mol. The smallest absolute Gasteiger partial charge is 0.255 e. The Labute approximate surface area is 106 Å². The molecule has 4 heteroatoms. The van der Waals surface area contributed by atoms with E-state index in [2.05, 4.69) is 5.32 Å². The molecule has 0 heterocycles. The second-order valence-corrected chi connectivity index (χ2v) is 3.81. The van der Waals surface area contributed by atoms with Gasteiger partial charge in [0.2, 0.25) is 0 Å². The number of alkyl halides is 1. The van der Waals surface area contributed by atoms with Crippen LogP contribution in [0.4, 0.5) is 0 Å². The number of halogens is 1. The first-order chi connectivity index (χ1) is 8.27. The summed E-state index contributed by atoms with van der Waals surface area (Å²) in [6, 6.07) is 6.96. The van der Waals surface area contributed by atoms with Gasteiger partial charge < -0.3 is 10.1 Å². The molecular formula is C13H16ClNO2. The van der Waals surface area contributed by atoms with Crippen molar-refractivity contribution in [3.63, 3.8) is 0 Å². The number of unbranched alkanes of at least 4 members (excludes halogenated alkanes) is 1. The topological polar surface area (TPSA) is 38.3 Å². The second-order valence-electron chi connectivity index (χ2n) is 3.44. The lowest BCUT2D eigenvalue weighted by molar-refractivity contribution is 0.0970. The van der Waals surface area contributed by atoms with Gasteiger partial charge in [0.25, 0.3) is 5.91 Å². The number of hydrogen-bond acceptors (Lipinski definition) is 2. The van der Waals surface area contributed by atoms with Crippen molar-refractivity contribution in [1.29, 1.82) is 0 Å². The van der Waals surface area contributed by atoms with Gasteiger partial charge in [0.15, 0.2) is 0 Å². The molecule has 1 amide bonds. The summed E-state index contributed by atoms with van der Waals surface area (Å²) in [5, 5.41) is 2.69. The first-order valence-corrected chi connectivity index (χ1v) is 5.97. The van der Waals surface area contributed by atoms with Crippen LogP contribution in [0.25, 0.3) is 0 Å². The van der Waals surface area contributed by atoms with Gasteiger partial charge in [-0.3, -0.25) is 4.79 Å². The zero-order chi connectivity index (χ0) is 12.5. The van der Waals surface area contributed by atoms with Crippen LogP contribution < -0.4 is 10.1 Å². The standard InChI is InChI=1S/C13H16ClNO2/c1-17-12-7-5-11(6-8-12)13(16)15-10-4-2-3-9-14/h4-8,10H,2-3,9H2,1H3,(H,15,16)/b10-4-. The predicted octanol–water partition coefficient (Wildman–Crippen LogP) is 2.96. The Hall–Kier alpha value is -1.48. The van der Waals surface area contributed by atoms with Crippen LogP contribution in [0.1, 0.15) is 23.2 Å². The SMILES string of the molecule is COc1ccc(C(=O)N/C=C\CCCCl)cc1. The van der Waals surface area contributed by atoms with Gasteiger partial charge in [-0.15, -0.1) is 11.6 Å². The Kier molecular flexibility index (Phi) is 6.18. The molecule has 1 N–H and O–H groups in total. The van der Waals surface area contributed by atoms with E-state index >= 15 is 0 Å². The molecule has 0 fully saturated rings. The van der Waals surface area contributed by atoms with Crippen molar-refractivity contribution in [3.05, 3.63) is 42.1 Å². The molecule has 0 aliphatic carbocycles. The Morgan fingerprint density at radius 3 is 2.71 bits per heavy atom. The zero-order valence-electron chi connectivity index (χ0n) is 9.78. The first-order valence-electron chi connectivity index (χ1n) is 5.44.